The summed E-state index contributed by atoms with van der Waals surface area (Å²) < 4.78 is 0. The third-order valence-corrected chi connectivity index (χ3v) is 8.03. The van der Waals surface area contributed by atoms with Gasteiger partial charge in [0.15, 0.2) is 0 Å². The van der Waals surface area contributed by atoms with E-state index < -0.39 is 0 Å². The lowest BCUT2D eigenvalue weighted by molar-refractivity contribution is 0.157. The van der Waals surface area contributed by atoms with E-state index in [2.05, 4.69) is 59.8 Å². The Bertz CT molecular complexity index is 719. The fourth-order valence-corrected chi connectivity index (χ4v) is 6.56. The van der Waals surface area contributed by atoms with Crippen molar-refractivity contribution in [2.75, 3.05) is 11.4 Å². The highest BCUT2D eigenvalue weighted by Gasteiger charge is 2.40. The molecule has 1 fully saturated rings. The normalized spacial score (nSPS) is 17.3. The Kier molecular flexibility index (Phi) is 15.1. The number of hydrogen-bond donors (Lipinski definition) is 1. The van der Waals surface area contributed by atoms with Gasteiger partial charge in [-0.05, 0) is 70.2 Å². The molecule has 0 unspecified atom stereocenters. The van der Waals surface area contributed by atoms with Crippen LogP contribution in [0.4, 0.5) is 5.95 Å². The highest BCUT2D eigenvalue weighted by molar-refractivity contribution is 6.31. The van der Waals surface area contributed by atoms with Gasteiger partial charge in [0.1, 0.15) is 0 Å². The van der Waals surface area contributed by atoms with Gasteiger partial charge in [-0.25, -0.2) is 0 Å². The molecule has 0 atom stereocenters. The first-order valence-electron chi connectivity index (χ1n) is 15.2. The highest BCUT2D eigenvalue weighted by atomic mass is 35.5. The molecule has 5 nitrogen and oxygen atoms in total. The van der Waals surface area contributed by atoms with Gasteiger partial charge in [-0.15, -0.1) is 0 Å². The van der Waals surface area contributed by atoms with Gasteiger partial charge < -0.3 is 10.2 Å². The fourth-order valence-electron chi connectivity index (χ4n) is 6.21. The number of halogens is 2. The standard InChI is InChI=1S/C30H55Cl2N5/c1-6-7-8-9-10-11-12-13-14-15-16-17-18-19-20-21-22-37(28-34-26(31)33-27(32)35-28)25-23-29(2,3)36-30(4,5)24-25/h25,36H,6-24H2,1-5H3. The van der Waals surface area contributed by atoms with Crippen molar-refractivity contribution >= 4 is 29.2 Å². The van der Waals surface area contributed by atoms with Gasteiger partial charge >= 0.3 is 0 Å². The number of aromatic nitrogens is 3. The van der Waals surface area contributed by atoms with E-state index >= 15 is 0 Å². The molecule has 0 amide bonds. The molecule has 0 radical (unpaired) electrons. The van der Waals surface area contributed by atoms with Crippen molar-refractivity contribution in [2.24, 2.45) is 0 Å². The second-order valence-corrected chi connectivity index (χ2v) is 13.3. The average molecular weight is 557 g/mol. The van der Waals surface area contributed by atoms with Crippen LogP contribution >= 0.6 is 23.2 Å². The van der Waals surface area contributed by atoms with Crippen LogP contribution in [0.5, 0.6) is 0 Å². The van der Waals surface area contributed by atoms with E-state index in [4.69, 9.17) is 23.2 Å². The van der Waals surface area contributed by atoms with Crippen LogP contribution in [0.1, 0.15) is 150 Å². The first kappa shape index (κ1) is 32.6. The zero-order valence-corrected chi connectivity index (χ0v) is 26.1. The summed E-state index contributed by atoms with van der Waals surface area (Å²) in [6, 6.07) is 0.331. The lowest BCUT2D eigenvalue weighted by atomic mass is 9.79. The number of nitrogens with zero attached hydrogens (tertiary/aromatic N) is 4. The fraction of sp³-hybridized carbons (Fsp3) is 0.900. The van der Waals surface area contributed by atoms with E-state index in [1.165, 1.54) is 96.3 Å². The van der Waals surface area contributed by atoms with Crippen molar-refractivity contribution < 1.29 is 0 Å². The number of piperidine rings is 1. The van der Waals surface area contributed by atoms with Crippen molar-refractivity contribution in [1.82, 2.24) is 20.3 Å². The summed E-state index contributed by atoms with van der Waals surface area (Å²) in [4.78, 5) is 15.2. The maximum atomic E-state index is 6.16. The minimum atomic E-state index is 0.0416. The van der Waals surface area contributed by atoms with Gasteiger partial charge in [-0.1, -0.05) is 103 Å². The Morgan fingerprint density at radius 3 is 1.43 bits per heavy atom. The van der Waals surface area contributed by atoms with E-state index in [0.717, 1.165) is 25.8 Å². The van der Waals surface area contributed by atoms with Gasteiger partial charge in [0.05, 0.1) is 0 Å². The molecule has 0 aromatic carbocycles. The minimum absolute atomic E-state index is 0.0416. The molecular weight excluding hydrogens is 501 g/mol. The van der Waals surface area contributed by atoms with Gasteiger partial charge in [-0.2, -0.15) is 15.0 Å². The van der Waals surface area contributed by atoms with Crippen molar-refractivity contribution in [1.29, 1.82) is 0 Å². The van der Waals surface area contributed by atoms with E-state index in [9.17, 15) is 0 Å². The van der Waals surface area contributed by atoms with Crippen molar-refractivity contribution in [2.45, 2.75) is 167 Å². The Balaban J connectivity index is 1.67. The zero-order chi connectivity index (χ0) is 27.2. The third kappa shape index (κ3) is 13.8. The number of hydrogen-bond acceptors (Lipinski definition) is 5. The van der Waals surface area contributed by atoms with E-state index in [0.29, 0.717) is 12.0 Å². The van der Waals surface area contributed by atoms with Crippen molar-refractivity contribution in [3.05, 3.63) is 10.6 Å². The molecule has 2 heterocycles. The molecule has 0 aliphatic carbocycles. The molecular formula is C30H55Cl2N5. The summed E-state index contributed by atoms with van der Waals surface area (Å²) in [5, 5.41) is 4.12. The molecule has 1 aliphatic heterocycles. The predicted octanol–water partition coefficient (Wildman–Crippen LogP) is 9.56. The molecule has 1 aliphatic rings. The lowest BCUT2D eigenvalue weighted by Crippen LogP contribution is -2.62. The molecule has 0 saturated carbocycles. The number of nitrogens with one attached hydrogen (secondary N) is 1. The van der Waals surface area contributed by atoms with Crippen LogP contribution in [0, 0.1) is 0 Å². The van der Waals surface area contributed by atoms with E-state index in [-0.39, 0.29) is 21.6 Å². The first-order valence-corrected chi connectivity index (χ1v) is 16.0. The second-order valence-electron chi connectivity index (χ2n) is 12.6. The summed E-state index contributed by atoms with van der Waals surface area (Å²) in [5.74, 6) is 0.615. The molecule has 1 aromatic heterocycles. The predicted molar refractivity (Wildman–Crippen MR) is 161 cm³/mol. The summed E-state index contributed by atoms with van der Waals surface area (Å²) >= 11 is 12.3. The molecule has 214 valence electrons. The second kappa shape index (κ2) is 17.1. The molecule has 1 N–H and O–H groups in total. The molecule has 2 rings (SSSR count). The van der Waals surface area contributed by atoms with Crippen LogP contribution in [0.2, 0.25) is 10.6 Å². The monoisotopic (exact) mass is 555 g/mol. The topological polar surface area (TPSA) is 53.9 Å². The maximum absolute atomic E-state index is 6.16. The Labute approximate surface area is 238 Å². The van der Waals surface area contributed by atoms with E-state index in [1.54, 1.807) is 0 Å². The number of anilines is 1. The zero-order valence-electron chi connectivity index (χ0n) is 24.6. The Morgan fingerprint density at radius 2 is 1.03 bits per heavy atom. The van der Waals surface area contributed by atoms with Crippen LogP contribution < -0.4 is 10.2 Å². The highest BCUT2D eigenvalue weighted by Crippen LogP contribution is 2.33. The molecule has 0 bridgehead atoms. The molecule has 37 heavy (non-hydrogen) atoms. The Morgan fingerprint density at radius 1 is 0.649 bits per heavy atom. The summed E-state index contributed by atoms with van der Waals surface area (Å²) in [6.07, 6.45) is 24.0. The van der Waals surface area contributed by atoms with Crippen LogP contribution in [0.25, 0.3) is 0 Å². The van der Waals surface area contributed by atoms with Crippen LogP contribution in [0.3, 0.4) is 0 Å². The summed E-state index contributed by atoms with van der Waals surface area (Å²) in [6.45, 7) is 12.3. The Hall–Kier alpha value is -0.650. The van der Waals surface area contributed by atoms with Crippen molar-refractivity contribution in [3.8, 4) is 0 Å². The quantitative estimate of drug-likeness (QED) is 0.172. The maximum Gasteiger partial charge on any atom is 0.231 e. The summed E-state index contributed by atoms with van der Waals surface area (Å²) in [5.41, 5.74) is 0.0832. The van der Waals surface area contributed by atoms with Crippen LogP contribution in [-0.2, 0) is 0 Å². The molecule has 1 saturated heterocycles. The van der Waals surface area contributed by atoms with Gasteiger partial charge in [-0.3, -0.25) is 0 Å². The lowest BCUT2D eigenvalue weighted by Gasteiger charge is -2.49. The smallest absolute Gasteiger partial charge is 0.231 e. The summed E-state index contributed by atoms with van der Waals surface area (Å²) in [7, 11) is 0. The van der Waals surface area contributed by atoms with Gasteiger partial charge in [0.25, 0.3) is 0 Å². The minimum Gasteiger partial charge on any atom is -0.338 e. The van der Waals surface area contributed by atoms with Crippen LogP contribution in [-0.4, -0.2) is 38.6 Å². The molecule has 0 spiro atoms. The largest absolute Gasteiger partial charge is 0.338 e. The van der Waals surface area contributed by atoms with Crippen molar-refractivity contribution in [3.63, 3.8) is 0 Å². The average Bonchev–Trinajstić information content (AvgIpc) is 2.78. The first-order chi connectivity index (χ1) is 17.6. The van der Waals surface area contributed by atoms with Gasteiger partial charge in [0, 0.05) is 23.7 Å². The van der Waals surface area contributed by atoms with Gasteiger partial charge in [0.2, 0.25) is 16.5 Å². The SMILES string of the molecule is CCCCCCCCCCCCCCCCCCN(c1nc(Cl)nc(Cl)n1)C1CC(C)(C)NC(C)(C)C1. The number of unbranched alkanes of at least 4 members (excludes halogenated alkanes) is 15. The third-order valence-electron chi connectivity index (χ3n) is 7.69. The molecule has 1 aromatic rings. The van der Waals surface area contributed by atoms with E-state index in [1.807, 2.05) is 0 Å². The number of rotatable bonds is 19. The molecule has 7 heteroatoms. The van der Waals surface area contributed by atoms with Crippen LogP contribution in [0.15, 0.2) is 0 Å².